The smallest absolute Gasteiger partial charge is 0.255 e. The fraction of sp³-hybridized carbons (Fsp3) is 0.333. The van der Waals surface area contributed by atoms with Gasteiger partial charge in [-0.2, -0.15) is 4.98 Å². The van der Waals surface area contributed by atoms with Gasteiger partial charge in [0.05, 0.1) is 0 Å². The minimum absolute atomic E-state index is 0.234. The van der Waals surface area contributed by atoms with E-state index in [1.807, 2.05) is 26.0 Å². The van der Waals surface area contributed by atoms with Gasteiger partial charge in [-0.3, -0.25) is 0 Å². The average molecular weight is 297 g/mol. The first-order valence-corrected chi connectivity index (χ1v) is 6.07. The van der Waals surface area contributed by atoms with Crippen molar-refractivity contribution < 1.29 is 9.63 Å². The van der Waals surface area contributed by atoms with Crippen molar-refractivity contribution in [2.75, 3.05) is 0 Å². The van der Waals surface area contributed by atoms with E-state index >= 15 is 0 Å². The second-order valence-corrected chi connectivity index (χ2v) is 4.85. The third kappa shape index (κ3) is 2.40. The summed E-state index contributed by atoms with van der Waals surface area (Å²) in [6.45, 7) is 5.61. The summed E-state index contributed by atoms with van der Waals surface area (Å²) in [5, 5.41) is 13.2. The molecule has 0 fully saturated rings. The van der Waals surface area contributed by atoms with Crippen LogP contribution in [0.1, 0.15) is 30.0 Å². The number of hydrogen-bond acceptors (Lipinski definition) is 4. The number of nitrogens with zero attached hydrogens (tertiary/aromatic N) is 2. The highest BCUT2D eigenvalue weighted by molar-refractivity contribution is 9.10. The Morgan fingerprint density at radius 3 is 2.35 bits per heavy atom. The van der Waals surface area contributed by atoms with Crippen molar-refractivity contribution >= 4 is 15.9 Å². The van der Waals surface area contributed by atoms with E-state index in [0.29, 0.717) is 5.82 Å². The Hall–Kier alpha value is -1.20. The van der Waals surface area contributed by atoms with Crippen LogP contribution in [0.25, 0.3) is 11.4 Å². The normalized spacial score (nSPS) is 12.8. The lowest BCUT2D eigenvalue weighted by Crippen LogP contribution is -1.91. The molecule has 0 bridgehead atoms. The third-order valence-electron chi connectivity index (χ3n) is 2.49. The molecule has 1 aromatic carbocycles. The fourth-order valence-electron chi connectivity index (χ4n) is 1.60. The van der Waals surface area contributed by atoms with Gasteiger partial charge in [-0.15, -0.1) is 0 Å². The Kier molecular flexibility index (Phi) is 3.31. The summed E-state index contributed by atoms with van der Waals surface area (Å²) in [5.41, 5.74) is 3.12. The zero-order chi connectivity index (χ0) is 12.6. The van der Waals surface area contributed by atoms with E-state index in [0.717, 1.165) is 21.2 Å². The SMILES string of the molecule is Cc1cc(-c2noc([C@H](C)O)n2)cc(C)c1Br. The summed E-state index contributed by atoms with van der Waals surface area (Å²) in [6, 6.07) is 3.96. The van der Waals surface area contributed by atoms with Crippen LogP contribution in [-0.2, 0) is 0 Å². The van der Waals surface area contributed by atoms with Crippen LogP contribution in [0, 0.1) is 13.8 Å². The van der Waals surface area contributed by atoms with E-state index in [4.69, 9.17) is 4.52 Å². The summed E-state index contributed by atoms with van der Waals surface area (Å²) in [7, 11) is 0. The minimum atomic E-state index is -0.742. The first-order valence-electron chi connectivity index (χ1n) is 5.28. The zero-order valence-electron chi connectivity index (χ0n) is 9.86. The molecule has 0 unspecified atom stereocenters. The van der Waals surface area contributed by atoms with Crippen LogP contribution in [0.15, 0.2) is 21.1 Å². The molecule has 0 aliphatic heterocycles. The molecule has 0 radical (unpaired) electrons. The first-order chi connectivity index (χ1) is 7.99. The molecule has 0 aliphatic rings. The molecule has 1 aromatic heterocycles. The molecule has 4 nitrogen and oxygen atoms in total. The molecule has 1 heterocycles. The second kappa shape index (κ2) is 4.58. The number of aliphatic hydroxyl groups excluding tert-OH is 1. The zero-order valence-corrected chi connectivity index (χ0v) is 11.4. The maximum atomic E-state index is 9.33. The summed E-state index contributed by atoms with van der Waals surface area (Å²) in [6.07, 6.45) is -0.742. The average Bonchev–Trinajstić information content (AvgIpc) is 2.74. The van der Waals surface area contributed by atoms with Crippen LogP contribution in [0.5, 0.6) is 0 Å². The second-order valence-electron chi connectivity index (χ2n) is 4.06. The van der Waals surface area contributed by atoms with Gasteiger partial charge in [-0.25, -0.2) is 0 Å². The van der Waals surface area contributed by atoms with Gasteiger partial charge < -0.3 is 9.63 Å². The standard InChI is InChI=1S/C12H13BrN2O2/c1-6-4-9(5-7(2)10(6)13)11-14-12(8(3)16)17-15-11/h4-5,8,16H,1-3H3/t8-/m0/s1. The van der Waals surface area contributed by atoms with Crippen molar-refractivity contribution in [3.8, 4) is 11.4 Å². The molecule has 17 heavy (non-hydrogen) atoms. The molecule has 2 rings (SSSR count). The number of aliphatic hydroxyl groups is 1. The minimum Gasteiger partial charge on any atom is -0.384 e. The number of aromatic nitrogens is 2. The Balaban J connectivity index is 2.46. The lowest BCUT2D eigenvalue weighted by atomic mass is 10.1. The van der Waals surface area contributed by atoms with Crippen LogP contribution in [0.4, 0.5) is 0 Å². The van der Waals surface area contributed by atoms with Crippen LogP contribution in [0.2, 0.25) is 0 Å². The molecule has 1 N–H and O–H groups in total. The Bertz CT molecular complexity index is 526. The Labute approximate surface area is 108 Å². The van der Waals surface area contributed by atoms with E-state index in [9.17, 15) is 5.11 Å². The van der Waals surface area contributed by atoms with Gasteiger partial charge >= 0.3 is 0 Å². The van der Waals surface area contributed by atoms with E-state index in [1.165, 1.54) is 0 Å². The van der Waals surface area contributed by atoms with Gasteiger partial charge in [-0.1, -0.05) is 21.1 Å². The molecule has 5 heteroatoms. The number of rotatable bonds is 2. The first kappa shape index (κ1) is 12.3. The van der Waals surface area contributed by atoms with Crippen LogP contribution < -0.4 is 0 Å². The van der Waals surface area contributed by atoms with Gasteiger partial charge in [-0.05, 0) is 44.0 Å². The number of benzene rings is 1. The Morgan fingerprint density at radius 2 is 1.88 bits per heavy atom. The highest BCUT2D eigenvalue weighted by Gasteiger charge is 2.13. The summed E-state index contributed by atoms with van der Waals surface area (Å²) in [5.74, 6) is 0.734. The predicted molar refractivity (Wildman–Crippen MR) is 67.5 cm³/mol. The molecule has 0 saturated carbocycles. The molecular weight excluding hydrogens is 284 g/mol. The van der Waals surface area contributed by atoms with Crippen LogP contribution in [-0.4, -0.2) is 15.2 Å². The van der Waals surface area contributed by atoms with Crippen molar-refractivity contribution in [2.24, 2.45) is 0 Å². The van der Waals surface area contributed by atoms with Crippen molar-refractivity contribution in [3.05, 3.63) is 33.6 Å². The van der Waals surface area contributed by atoms with Gasteiger partial charge in [0.25, 0.3) is 5.89 Å². The van der Waals surface area contributed by atoms with Gasteiger partial charge in [0.2, 0.25) is 5.82 Å². The van der Waals surface area contributed by atoms with Gasteiger partial charge in [0.15, 0.2) is 0 Å². The molecule has 1 atom stereocenters. The van der Waals surface area contributed by atoms with E-state index < -0.39 is 6.10 Å². The topological polar surface area (TPSA) is 59.2 Å². The molecule has 90 valence electrons. The summed E-state index contributed by atoms with van der Waals surface area (Å²) in [4.78, 5) is 4.15. The molecule has 0 aliphatic carbocycles. The van der Waals surface area contributed by atoms with Gasteiger partial charge in [0.1, 0.15) is 6.10 Å². The number of aryl methyl sites for hydroxylation is 2. The molecule has 0 saturated heterocycles. The summed E-state index contributed by atoms with van der Waals surface area (Å²) >= 11 is 3.51. The maximum absolute atomic E-state index is 9.33. The quantitative estimate of drug-likeness (QED) is 0.925. The maximum Gasteiger partial charge on any atom is 0.255 e. The van der Waals surface area contributed by atoms with Gasteiger partial charge in [0, 0.05) is 10.0 Å². The highest BCUT2D eigenvalue weighted by Crippen LogP contribution is 2.27. The van der Waals surface area contributed by atoms with E-state index in [1.54, 1.807) is 6.92 Å². The van der Waals surface area contributed by atoms with E-state index in [-0.39, 0.29) is 5.89 Å². The Morgan fingerprint density at radius 1 is 1.29 bits per heavy atom. The monoisotopic (exact) mass is 296 g/mol. The molecule has 0 spiro atoms. The molecule has 2 aromatic rings. The largest absolute Gasteiger partial charge is 0.384 e. The van der Waals surface area contributed by atoms with Crippen molar-refractivity contribution in [1.82, 2.24) is 10.1 Å². The fourth-order valence-corrected chi connectivity index (χ4v) is 1.83. The summed E-state index contributed by atoms with van der Waals surface area (Å²) < 4.78 is 6.05. The van der Waals surface area contributed by atoms with Crippen molar-refractivity contribution in [2.45, 2.75) is 26.9 Å². The highest BCUT2D eigenvalue weighted by atomic mass is 79.9. The number of hydrogen-bond donors (Lipinski definition) is 1. The molecule has 0 amide bonds. The molecular formula is C12H13BrN2O2. The van der Waals surface area contributed by atoms with Crippen LogP contribution in [0.3, 0.4) is 0 Å². The van der Waals surface area contributed by atoms with Crippen molar-refractivity contribution in [3.63, 3.8) is 0 Å². The lowest BCUT2D eigenvalue weighted by molar-refractivity contribution is 0.152. The number of halogens is 1. The predicted octanol–water partition coefficient (Wildman–Crippen LogP) is 3.17. The lowest BCUT2D eigenvalue weighted by Gasteiger charge is -2.04. The van der Waals surface area contributed by atoms with Crippen LogP contribution >= 0.6 is 15.9 Å². The van der Waals surface area contributed by atoms with Crippen molar-refractivity contribution in [1.29, 1.82) is 0 Å². The third-order valence-corrected chi connectivity index (χ3v) is 3.74. The van der Waals surface area contributed by atoms with E-state index in [2.05, 4.69) is 26.1 Å².